The second-order valence-electron chi connectivity index (χ2n) is 4.33. The number of aliphatic hydroxyl groups excluding tert-OH is 2. The van der Waals surface area contributed by atoms with Crippen LogP contribution in [0.1, 0.15) is 35.5 Å². The Balaban J connectivity index is 2.81. The van der Waals surface area contributed by atoms with Crippen LogP contribution in [0.5, 0.6) is 0 Å². The van der Waals surface area contributed by atoms with E-state index in [1.54, 1.807) is 16.3 Å². The monoisotopic (exact) mass is 281 g/mol. The maximum Gasteiger partial charge on any atom is 0.254 e. The molecule has 0 saturated carbocycles. The predicted molar refractivity (Wildman–Crippen MR) is 76.2 cm³/mol. The first kappa shape index (κ1) is 15.7. The minimum Gasteiger partial charge on any atom is -0.396 e. The summed E-state index contributed by atoms with van der Waals surface area (Å²) < 4.78 is 0. The highest BCUT2D eigenvalue weighted by atomic mass is 32.1. The highest BCUT2D eigenvalue weighted by Gasteiger charge is 2.19. The van der Waals surface area contributed by atoms with E-state index in [-0.39, 0.29) is 25.2 Å². The van der Waals surface area contributed by atoms with Gasteiger partial charge in [-0.3, -0.25) is 4.79 Å². The number of thiophene rings is 1. The van der Waals surface area contributed by atoms with Crippen LogP contribution < -0.4 is 0 Å². The minimum absolute atomic E-state index is 0.0447. The van der Waals surface area contributed by atoms with Crippen LogP contribution in [0.25, 0.3) is 0 Å². The third-order valence-corrected chi connectivity index (χ3v) is 3.42. The molecule has 19 heavy (non-hydrogen) atoms. The van der Waals surface area contributed by atoms with E-state index in [0.717, 1.165) is 4.88 Å². The molecule has 4 nitrogen and oxygen atoms in total. The van der Waals surface area contributed by atoms with Gasteiger partial charge in [0.05, 0.1) is 10.4 Å². The number of rotatable bonds is 5. The van der Waals surface area contributed by atoms with Crippen LogP contribution in [0.15, 0.2) is 11.4 Å². The lowest BCUT2D eigenvalue weighted by atomic mass is 10.2. The van der Waals surface area contributed by atoms with Crippen LogP contribution >= 0.6 is 11.3 Å². The van der Waals surface area contributed by atoms with Gasteiger partial charge in [-0.1, -0.05) is 11.8 Å². The van der Waals surface area contributed by atoms with Crippen molar-refractivity contribution in [3.63, 3.8) is 0 Å². The summed E-state index contributed by atoms with van der Waals surface area (Å²) in [6.07, 6.45) is 0.575. The molecule has 0 aromatic carbocycles. The topological polar surface area (TPSA) is 60.8 Å². The molecule has 0 saturated heterocycles. The summed E-state index contributed by atoms with van der Waals surface area (Å²) in [5, 5.41) is 19.3. The molecule has 0 spiro atoms. The molecule has 1 heterocycles. The summed E-state index contributed by atoms with van der Waals surface area (Å²) >= 11 is 1.39. The van der Waals surface area contributed by atoms with Gasteiger partial charge >= 0.3 is 0 Å². The fraction of sp³-hybridized carbons (Fsp3) is 0.500. The van der Waals surface area contributed by atoms with Crippen molar-refractivity contribution in [1.29, 1.82) is 0 Å². The standard InChI is InChI=1S/C14H19NO3S/c1-11(2)15(6-4-8-17)14(18)12-9-13(19-10-12)5-3-7-16/h9-11,16-17H,4,6-8H2,1-2H3. The molecule has 0 radical (unpaired) electrons. The molecule has 0 aliphatic heterocycles. The van der Waals surface area contributed by atoms with Crippen molar-refractivity contribution < 1.29 is 15.0 Å². The van der Waals surface area contributed by atoms with Crippen LogP contribution in [-0.2, 0) is 0 Å². The summed E-state index contributed by atoms with van der Waals surface area (Å²) in [6.45, 7) is 4.34. The Kier molecular flexibility index (Phi) is 6.57. The van der Waals surface area contributed by atoms with Gasteiger partial charge in [0.1, 0.15) is 6.61 Å². The molecule has 0 aliphatic carbocycles. The van der Waals surface area contributed by atoms with Crippen LogP contribution in [0.3, 0.4) is 0 Å². The van der Waals surface area contributed by atoms with E-state index in [1.807, 2.05) is 13.8 Å². The molecule has 1 rings (SSSR count). The highest BCUT2D eigenvalue weighted by Crippen LogP contribution is 2.17. The number of hydrogen-bond donors (Lipinski definition) is 2. The van der Waals surface area contributed by atoms with Crippen LogP contribution in [0, 0.1) is 11.8 Å². The average Bonchev–Trinajstić information content (AvgIpc) is 2.85. The normalized spacial score (nSPS) is 10.2. The molecule has 104 valence electrons. The van der Waals surface area contributed by atoms with Crippen molar-refractivity contribution in [3.05, 3.63) is 21.9 Å². The summed E-state index contributed by atoms with van der Waals surface area (Å²) in [7, 11) is 0. The van der Waals surface area contributed by atoms with Gasteiger partial charge in [0.25, 0.3) is 5.91 Å². The fourth-order valence-electron chi connectivity index (χ4n) is 1.64. The molecular formula is C14H19NO3S. The summed E-state index contributed by atoms with van der Waals surface area (Å²) in [5.41, 5.74) is 0.610. The molecule has 2 N–H and O–H groups in total. The Morgan fingerprint density at radius 2 is 2.21 bits per heavy atom. The number of carbonyl (C=O) groups is 1. The molecule has 1 aromatic rings. The molecule has 0 fully saturated rings. The summed E-state index contributed by atoms with van der Waals surface area (Å²) in [4.78, 5) is 14.8. The first-order valence-electron chi connectivity index (χ1n) is 6.20. The van der Waals surface area contributed by atoms with Crippen molar-refractivity contribution in [3.8, 4) is 11.8 Å². The van der Waals surface area contributed by atoms with E-state index >= 15 is 0 Å². The third-order valence-electron chi connectivity index (χ3n) is 2.58. The predicted octanol–water partition coefficient (Wildman–Crippen LogP) is 1.32. The van der Waals surface area contributed by atoms with Gasteiger partial charge in [-0.15, -0.1) is 11.3 Å². The average molecular weight is 281 g/mol. The quantitative estimate of drug-likeness (QED) is 0.800. The van der Waals surface area contributed by atoms with Crippen molar-refractivity contribution in [2.75, 3.05) is 19.8 Å². The lowest BCUT2D eigenvalue weighted by Gasteiger charge is -2.26. The second-order valence-corrected chi connectivity index (χ2v) is 5.24. The van der Waals surface area contributed by atoms with Crippen molar-refractivity contribution in [1.82, 2.24) is 4.90 Å². The van der Waals surface area contributed by atoms with Gasteiger partial charge in [-0.05, 0) is 26.3 Å². The van der Waals surface area contributed by atoms with Crippen LogP contribution in [0.4, 0.5) is 0 Å². The Morgan fingerprint density at radius 1 is 1.47 bits per heavy atom. The van der Waals surface area contributed by atoms with Gasteiger partial charge in [0.2, 0.25) is 0 Å². The minimum atomic E-state index is -0.185. The lowest BCUT2D eigenvalue weighted by molar-refractivity contribution is 0.0693. The molecule has 5 heteroatoms. The van der Waals surface area contributed by atoms with Gasteiger partial charge in [-0.2, -0.15) is 0 Å². The van der Waals surface area contributed by atoms with E-state index in [0.29, 0.717) is 18.5 Å². The number of amides is 1. The van der Waals surface area contributed by atoms with Gasteiger partial charge in [0, 0.05) is 24.6 Å². The van der Waals surface area contributed by atoms with E-state index in [2.05, 4.69) is 11.8 Å². The smallest absolute Gasteiger partial charge is 0.254 e. The Labute approximate surface area is 117 Å². The Bertz CT molecular complexity index is 471. The zero-order chi connectivity index (χ0) is 14.3. The molecule has 1 aromatic heterocycles. The fourth-order valence-corrected chi connectivity index (χ4v) is 2.39. The second kappa shape index (κ2) is 7.95. The maximum atomic E-state index is 12.3. The Morgan fingerprint density at radius 3 is 2.79 bits per heavy atom. The van der Waals surface area contributed by atoms with E-state index < -0.39 is 0 Å². The lowest BCUT2D eigenvalue weighted by Crippen LogP contribution is -2.37. The van der Waals surface area contributed by atoms with E-state index in [4.69, 9.17) is 10.2 Å². The zero-order valence-corrected chi connectivity index (χ0v) is 12.0. The molecule has 1 amide bonds. The summed E-state index contributed by atoms with van der Waals surface area (Å²) in [6, 6.07) is 1.83. The van der Waals surface area contributed by atoms with E-state index in [1.165, 1.54) is 11.3 Å². The zero-order valence-electron chi connectivity index (χ0n) is 11.2. The van der Waals surface area contributed by atoms with E-state index in [9.17, 15) is 4.79 Å². The molecular weight excluding hydrogens is 262 g/mol. The van der Waals surface area contributed by atoms with Crippen LogP contribution in [0.2, 0.25) is 0 Å². The van der Waals surface area contributed by atoms with Crippen molar-refractivity contribution in [2.24, 2.45) is 0 Å². The molecule has 0 atom stereocenters. The molecule has 0 aliphatic rings. The van der Waals surface area contributed by atoms with Gasteiger partial charge < -0.3 is 15.1 Å². The first-order chi connectivity index (χ1) is 9.10. The molecule has 0 bridgehead atoms. The van der Waals surface area contributed by atoms with Crippen molar-refractivity contribution in [2.45, 2.75) is 26.3 Å². The Hall–Kier alpha value is -1.35. The molecule has 0 unspecified atom stereocenters. The number of aliphatic hydroxyl groups is 2. The van der Waals surface area contributed by atoms with Gasteiger partial charge in [-0.25, -0.2) is 0 Å². The maximum absolute atomic E-state index is 12.3. The number of carbonyl (C=O) groups excluding carboxylic acids is 1. The number of nitrogens with zero attached hydrogens (tertiary/aromatic N) is 1. The van der Waals surface area contributed by atoms with Crippen molar-refractivity contribution >= 4 is 17.2 Å². The van der Waals surface area contributed by atoms with Gasteiger partial charge in [0.15, 0.2) is 0 Å². The highest BCUT2D eigenvalue weighted by molar-refractivity contribution is 7.10. The largest absolute Gasteiger partial charge is 0.396 e. The van der Waals surface area contributed by atoms with Crippen LogP contribution in [-0.4, -0.2) is 46.8 Å². The third kappa shape index (κ3) is 4.67. The summed E-state index contributed by atoms with van der Waals surface area (Å²) in [5.74, 6) is 5.31. The first-order valence-corrected chi connectivity index (χ1v) is 7.08. The number of hydrogen-bond acceptors (Lipinski definition) is 4. The SMILES string of the molecule is CC(C)N(CCCO)C(=O)c1csc(C#CCO)c1.